The van der Waals surface area contributed by atoms with Crippen LogP contribution in [0.1, 0.15) is 22.3 Å². The number of Topliss-reactive ketones (excluding diaryl/α,β-unsaturated/α-hetero) is 1. The first kappa shape index (κ1) is 18.9. The molecular formula is C24H21NO4. The fourth-order valence-corrected chi connectivity index (χ4v) is 3.62. The normalized spacial score (nSPS) is 16.2. The highest BCUT2D eigenvalue weighted by Gasteiger charge is 2.36. The summed E-state index contributed by atoms with van der Waals surface area (Å²) in [4.78, 5) is 38.9. The molecule has 5 nitrogen and oxygen atoms in total. The van der Waals surface area contributed by atoms with Crippen molar-refractivity contribution in [3.63, 3.8) is 0 Å². The van der Waals surface area contributed by atoms with E-state index in [9.17, 15) is 14.4 Å². The average molecular weight is 387 g/mol. The summed E-state index contributed by atoms with van der Waals surface area (Å²) >= 11 is 0. The first-order valence-corrected chi connectivity index (χ1v) is 9.57. The Morgan fingerprint density at radius 1 is 1.00 bits per heavy atom. The van der Waals surface area contributed by atoms with Gasteiger partial charge in [0.15, 0.2) is 12.4 Å². The summed E-state index contributed by atoms with van der Waals surface area (Å²) in [5.74, 6) is -1.46. The summed E-state index contributed by atoms with van der Waals surface area (Å²) in [6, 6.07) is 20.7. The third-order valence-corrected chi connectivity index (χ3v) is 5.23. The van der Waals surface area contributed by atoms with Crippen LogP contribution in [0.2, 0.25) is 0 Å². The van der Waals surface area contributed by atoms with Gasteiger partial charge in [0.05, 0.1) is 11.6 Å². The van der Waals surface area contributed by atoms with Gasteiger partial charge in [0.25, 0.3) is 0 Å². The molecule has 0 spiro atoms. The fraction of sp³-hybridized carbons (Fsp3) is 0.208. The maximum absolute atomic E-state index is 12.6. The van der Waals surface area contributed by atoms with Crippen LogP contribution in [0.3, 0.4) is 0 Å². The van der Waals surface area contributed by atoms with E-state index >= 15 is 0 Å². The second-order valence-electron chi connectivity index (χ2n) is 7.30. The first-order chi connectivity index (χ1) is 14.0. The zero-order valence-corrected chi connectivity index (χ0v) is 16.1. The van der Waals surface area contributed by atoms with Crippen molar-refractivity contribution in [3.8, 4) is 0 Å². The summed E-state index contributed by atoms with van der Waals surface area (Å²) < 4.78 is 5.23. The molecule has 29 heavy (non-hydrogen) atoms. The fourth-order valence-electron chi connectivity index (χ4n) is 3.62. The number of aryl methyl sites for hydroxylation is 1. The van der Waals surface area contributed by atoms with E-state index in [0.29, 0.717) is 5.56 Å². The van der Waals surface area contributed by atoms with Crippen molar-refractivity contribution in [3.05, 3.63) is 77.9 Å². The number of ketones is 1. The smallest absolute Gasteiger partial charge is 0.311 e. The van der Waals surface area contributed by atoms with Crippen LogP contribution in [-0.2, 0) is 14.3 Å². The van der Waals surface area contributed by atoms with E-state index < -0.39 is 11.9 Å². The molecule has 0 radical (unpaired) electrons. The maximum atomic E-state index is 12.6. The molecule has 3 aromatic carbocycles. The maximum Gasteiger partial charge on any atom is 0.311 e. The van der Waals surface area contributed by atoms with Gasteiger partial charge >= 0.3 is 5.97 Å². The molecule has 1 aliphatic rings. The number of benzene rings is 3. The van der Waals surface area contributed by atoms with E-state index in [1.54, 1.807) is 17.0 Å². The second kappa shape index (κ2) is 7.87. The molecule has 1 aliphatic heterocycles. The van der Waals surface area contributed by atoms with Gasteiger partial charge in [0.1, 0.15) is 0 Å². The highest BCUT2D eigenvalue weighted by atomic mass is 16.5. The standard InChI is InChI=1S/C24H21NO4/c1-16-9-11-18(12-10-16)22(26)15-29-24(28)19-13-23(27)25(14-19)21-8-4-6-17-5-2-3-7-20(17)21/h2-12,19H,13-15H2,1H3/t19-/m1/s1. The molecule has 0 bridgehead atoms. The van der Waals surface area contributed by atoms with Crippen molar-refractivity contribution in [2.45, 2.75) is 13.3 Å². The molecule has 1 atom stereocenters. The molecule has 146 valence electrons. The highest BCUT2D eigenvalue weighted by molar-refractivity contribution is 6.06. The Hall–Kier alpha value is -3.47. The predicted molar refractivity (Wildman–Crippen MR) is 111 cm³/mol. The summed E-state index contributed by atoms with van der Waals surface area (Å²) in [7, 11) is 0. The van der Waals surface area contributed by atoms with Crippen molar-refractivity contribution < 1.29 is 19.1 Å². The second-order valence-corrected chi connectivity index (χ2v) is 7.30. The van der Waals surface area contributed by atoms with E-state index in [0.717, 1.165) is 22.0 Å². The molecule has 1 fully saturated rings. The van der Waals surface area contributed by atoms with Crippen molar-refractivity contribution >= 4 is 34.1 Å². The van der Waals surface area contributed by atoms with Gasteiger partial charge in [0.2, 0.25) is 5.91 Å². The Kier molecular flexibility index (Phi) is 5.12. The van der Waals surface area contributed by atoms with Gasteiger partial charge < -0.3 is 9.64 Å². The van der Waals surface area contributed by atoms with Gasteiger partial charge in [0, 0.05) is 23.9 Å². The average Bonchev–Trinajstić information content (AvgIpc) is 3.13. The molecule has 1 saturated heterocycles. The van der Waals surface area contributed by atoms with Crippen LogP contribution in [0.5, 0.6) is 0 Å². The van der Waals surface area contributed by atoms with Crippen molar-refractivity contribution in [1.29, 1.82) is 0 Å². The van der Waals surface area contributed by atoms with Crippen molar-refractivity contribution in [2.24, 2.45) is 5.92 Å². The van der Waals surface area contributed by atoms with Gasteiger partial charge in [-0.15, -0.1) is 0 Å². The third kappa shape index (κ3) is 3.90. The molecule has 5 heteroatoms. The number of hydrogen-bond donors (Lipinski definition) is 0. The van der Waals surface area contributed by atoms with Gasteiger partial charge in [-0.2, -0.15) is 0 Å². The molecule has 0 aliphatic carbocycles. The van der Waals surface area contributed by atoms with Crippen LogP contribution < -0.4 is 4.90 Å². The first-order valence-electron chi connectivity index (χ1n) is 9.57. The van der Waals surface area contributed by atoms with E-state index in [-0.39, 0.29) is 31.3 Å². The minimum atomic E-state index is -0.577. The van der Waals surface area contributed by atoms with E-state index in [1.165, 1.54) is 0 Å². The summed E-state index contributed by atoms with van der Waals surface area (Å²) in [6.07, 6.45) is 0.0841. The molecule has 0 saturated carbocycles. The number of rotatable bonds is 5. The lowest BCUT2D eigenvalue weighted by Crippen LogP contribution is -2.27. The number of carbonyl (C=O) groups is 3. The summed E-state index contributed by atoms with van der Waals surface area (Å²) in [6.45, 7) is 1.87. The molecule has 3 aromatic rings. The Labute approximate surface area is 168 Å². The van der Waals surface area contributed by atoms with Gasteiger partial charge in [-0.3, -0.25) is 14.4 Å². The van der Waals surface area contributed by atoms with Gasteiger partial charge in [-0.05, 0) is 18.4 Å². The molecule has 1 amide bonds. The van der Waals surface area contributed by atoms with Crippen LogP contribution in [0.4, 0.5) is 5.69 Å². The number of anilines is 1. The molecule has 0 unspecified atom stereocenters. The summed E-state index contributed by atoms with van der Waals surface area (Å²) in [5.41, 5.74) is 2.35. The SMILES string of the molecule is Cc1ccc(C(=O)COC(=O)[C@@H]2CC(=O)N(c3cccc4ccccc34)C2)cc1. The van der Waals surface area contributed by atoms with Crippen LogP contribution in [-0.4, -0.2) is 30.8 Å². The quantitative estimate of drug-likeness (QED) is 0.492. The Morgan fingerprint density at radius 2 is 1.72 bits per heavy atom. The van der Waals surface area contributed by atoms with Crippen LogP contribution in [0.25, 0.3) is 10.8 Å². The number of hydrogen-bond acceptors (Lipinski definition) is 4. The molecule has 1 heterocycles. The lowest BCUT2D eigenvalue weighted by Gasteiger charge is -2.18. The number of ether oxygens (including phenoxy) is 1. The van der Waals surface area contributed by atoms with Crippen LogP contribution in [0, 0.1) is 12.8 Å². The van der Waals surface area contributed by atoms with Crippen LogP contribution in [0.15, 0.2) is 66.7 Å². The lowest BCUT2D eigenvalue weighted by atomic mass is 10.1. The monoisotopic (exact) mass is 387 g/mol. The molecule has 0 aromatic heterocycles. The number of amides is 1. The zero-order chi connectivity index (χ0) is 20.4. The third-order valence-electron chi connectivity index (χ3n) is 5.23. The minimum absolute atomic E-state index is 0.0841. The Balaban J connectivity index is 1.43. The lowest BCUT2D eigenvalue weighted by molar-refractivity contribution is -0.147. The van der Waals surface area contributed by atoms with E-state index in [4.69, 9.17) is 4.74 Å². The van der Waals surface area contributed by atoms with Crippen molar-refractivity contribution in [2.75, 3.05) is 18.1 Å². The van der Waals surface area contributed by atoms with Crippen LogP contribution >= 0.6 is 0 Å². The highest BCUT2D eigenvalue weighted by Crippen LogP contribution is 2.32. The Morgan fingerprint density at radius 3 is 2.52 bits per heavy atom. The number of nitrogens with zero attached hydrogens (tertiary/aromatic N) is 1. The van der Waals surface area contributed by atoms with Gasteiger partial charge in [-0.25, -0.2) is 0 Å². The summed E-state index contributed by atoms with van der Waals surface area (Å²) in [5, 5.41) is 2.00. The largest absolute Gasteiger partial charge is 0.457 e. The molecule has 4 rings (SSSR count). The number of carbonyl (C=O) groups excluding carboxylic acids is 3. The minimum Gasteiger partial charge on any atom is -0.457 e. The molecular weight excluding hydrogens is 366 g/mol. The topological polar surface area (TPSA) is 63.7 Å². The Bertz CT molecular complexity index is 1080. The van der Waals surface area contributed by atoms with Crippen molar-refractivity contribution in [1.82, 2.24) is 0 Å². The molecule has 0 N–H and O–H groups in total. The number of fused-ring (bicyclic) bond motifs is 1. The number of esters is 1. The van der Waals surface area contributed by atoms with E-state index in [2.05, 4.69) is 0 Å². The predicted octanol–water partition coefficient (Wildman–Crippen LogP) is 3.93. The zero-order valence-electron chi connectivity index (χ0n) is 16.1. The van der Waals surface area contributed by atoms with E-state index in [1.807, 2.05) is 61.5 Å². The van der Waals surface area contributed by atoms with Gasteiger partial charge in [-0.1, -0.05) is 66.2 Å².